The lowest BCUT2D eigenvalue weighted by Crippen LogP contribution is -2.52. The summed E-state index contributed by atoms with van der Waals surface area (Å²) in [6.07, 6.45) is 3.88. The molecule has 8 heteroatoms. The molecule has 0 spiro atoms. The van der Waals surface area contributed by atoms with Gasteiger partial charge in [0.1, 0.15) is 5.75 Å². The van der Waals surface area contributed by atoms with E-state index in [1.165, 1.54) is 24.8 Å². The largest absolute Gasteiger partial charge is 0.496 e. The smallest absolute Gasteiger partial charge is 0.255 e. The summed E-state index contributed by atoms with van der Waals surface area (Å²) in [5, 5.41) is 3.97. The van der Waals surface area contributed by atoms with Gasteiger partial charge >= 0.3 is 0 Å². The first-order valence-electron chi connectivity index (χ1n) is 11.5. The van der Waals surface area contributed by atoms with Gasteiger partial charge in [-0.1, -0.05) is 36.7 Å². The third kappa shape index (κ3) is 5.20. The summed E-state index contributed by atoms with van der Waals surface area (Å²) in [5.74, 6) is 0.507. The lowest BCUT2D eigenvalue weighted by atomic mass is 9.82. The fraction of sp³-hybridized carbons (Fsp3) is 0.480. The Balaban J connectivity index is 1.42. The summed E-state index contributed by atoms with van der Waals surface area (Å²) in [6.45, 7) is 3.49. The van der Waals surface area contributed by atoms with Crippen LogP contribution in [0, 0.1) is 0 Å². The van der Waals surface area contributed by atoms with E-state index in [0.29, 0.717) is 17.7 Å². The van der Waals surface area contributed by atoms with Crippen molar-refractivity contribution in [1.29, 1.82) is 0 Å². The van der Waals surface area contributed by atoms with Gasteiger partial charge in [0.2, 0.25) is 0 Å². The summed E-state index contributed by atoms with van der Waals surface area (Å²) in [4.78, 5) is 15.7. The number of hydrogen-bond acceptors (Lipinski definition) is 5. The number of nitrogens with zero attached hydrogens (tertiary/aromatic N) is 1. The molecule has 6 nitrogen and oxygen atoms in total. The Kier molecular flexibility index (Phi) is 7.31. The normalized spacial score (nSPS) is 23.5. The molecule has 3 atom stereocenters. The number of amides is 1. The van der Waals surface area contributed by atoms with Gasteiger partial charge in [-0.15, -0.1) is 0 Å². The van der Waals surface area contributed by atoms with Crippen LogP contribution in [0.15, 0.2) is 47.4 Å². The van der Waals surface area contributed by atoms with Crippen LogP contribution in [0.5, 0.6) is 5.75 Å². The van der Waals surface area contributed by atoms with Crippen molar-refractivity contribution in [2.45, 2.75) is 55.5 Å². The lowest BCUT2D eigenvalue weighted by molar-refractivity contribution is 0.0704. The van der Waals surface area contributed by atoms with Crippen LogP contribution in [0.2, 0.25) is 5.02 Å². The molecule has 0 aromatic heterocycles. The molecule has 2 aliphatic heterocycles. The third-order valence-corrected chi connectivity index (χ3v) is 9.05. The van der Waals surface area contributed by atoms with Gasteiger partial charge < -0.3 is 10.1 Å². The van der Waals surface area contributed by atoms with Gasteiger partial charge in [0.15, 0.2) is 9.84 Å². The van der Waals surface area contributed by atoms with Crippen molar-refractivity contribution in [2.24, 2.45) is 0 Å². The number of carbonyl (C=O) groups is 1. The first-order valence-corrected chi connectivity index (χ1v) is 13.6. The molecule has 0 bridgehead atoms. The second-order valence-corrected chi connectivity index (χ2v) is 11.6. The maximum absolute atomic E-state index is 13.1. The quantitative estimate of drug-likeness (QED) is 0.654. The molecular weight excluding hydrogens is 460 g/mol. The summed E-state index contributed by atoms with van der Waals surface area (Å²) in [7, 11) is -1.93. The minimum atomic E-state index is -3.41. The highest BCUT2D eigenvalue weighted by Gasteiger charge is 2.35. The van der Waals surface area contributed by atoms with Crippen molar-refractivity contribution in [2.75, 3.05) is 26.0 Å². The monoisotopic (exact) mass is 490 g/mol. The van der Waals surface area contributed by atoms with Crippen molar-refractivity contribution >= 4 is 27.3 Å². The highest BCUT2D eigenvalue weighted by atomic mass is 35.5. The Bertz CT molecular complexity index is 1120. The topological polar surface area (TPSA) is 75.7 Å². The fourth-order valence-corrected chi connectivity index (χ4v) is 6.28. The van der Waals surface area contributed by atoms with E-state index in [-0.39, 0.29) is 28.2 Å². The van der Waals surface area contributed by atoms with Crippen LogP contribution in [-0.2, 0) is 9.84 Å². The Morgan fingerprint density at radius 2 is 1.97 bits per heavy atom. The first kappa shape index (κ1) is 24.0. The van der Waals surface area contributed by atoms with Crippen molar-refractivity contribution in [3.63, 3.8) is 0 Å². The molecule has 2 heterocycles. The Hall–Kier alpha value is -2.09. The summed E-state index contributed by atoms with van der Waals surface area (Å²) < 4.78 is 29.9. The molecule has 4 rings (SSSR count). The molecule has 2 aromatic rings. The molecule has 178 valence electrons. The average molecular weight is 491 g/mol. The van der Waals surface area contributed by atoms with Gasteiger partial charge in [0, 0.05) is 30.2 Å². The van der Waals surface area contributed by atoms with Crippen molar-refractivity contribution in [3.8, 4) is 5.75 Å². The number of sulfone groups is 1. The Labute approximate surface area is 201 Å². The van der Waals surface area contributed by atoms with Gasteiger partial charge in [-0.25, -0.2) is 8.42 Å². The molecule has 2 fully saturated rings. The number of piperidine rings is 2. The number of rotatable bonds is 6. The van der Waals surface area contributed by atoms with Crippen LogP contribution in [0.1, 0.15) is 54.4 Å². The van der Waals surface area contributed by atoms with E-state index in [1.54, 1.807) is 13.0 Å². The minimum Gasteiger partial charge on any atom is -0.496 e. The lowest BCUT2D eigenvalue weighted by Gasteiger charge is -2.45. The Morgan fingerprint density at radius 1 is 1.18 bits per heavy atom. The highest BCUT2D eigenvalue weighted by molar-refractivity contribution is 7.91. The van der Waals surface area contributed by atoms with Gasteiger partial charge in [0.25, 0.3) is 5.91 Å². The summed E-state index contributed by atoms with van der Waals surface area (Å²) in [6, 6.07) is 13.0. The number of benzene rings is 2. The first-order chi connectivity index (χ1) is 15.8. The molecule has 2 aliphatic rings. The second kappa shape index (κ2) is 10.0. The molecule has 2 saturated heterocycles. The zero-order chi connectivity index (χ0) is 23.6. The molecular formula is C25H31ClN2O4S. The number of fused-ring (bicyclic) bond motifs is 1. The number of halogens is 1. The number of nitrogens with one attached hydrogen (secondary N) is 1. The van der Waals surface area contributed by atoms with E-state index in [9.17, 15) is 13.2 Å². The SMILES string of the molecule is CCS(=O)(=O)c1ccc(OC)c(C(=O)N[C@H]2CCN3C[C@H](c4ccccc4Cl)CC[C@H]3C2)c1. The Morgan fingerprint density at radius 3 is 2.70 bits per heavy atom. The predicted molar refractivity (Wildman–Crippen MR) is 130 cm³/mol. The van der Waals surface area contributed by atoms with E-state index >= 15 is 0 Å². The van der Waals surface area contributed by atoms with Crippen molar-refractivity contribution in [1.82, 2.24) is 10.2 Å². The molecule has 0 saturated carbocycles. The van der Waals surface area contributed by atoms with Gasteiger partial charge in [-0.3, -0.25) is 9.69 Å². The zero-order valence-corrected chi connectivity index (χ0v) is 20.7. The predicted octanol–water partition coefficient (Wildman–Crippen LogP) is 4.28. The van der Waals surface area contributed by atoms with Crippen LogP contribution in [0.4, 0.5) is 0 Å². The van der Waals surface area contributed by atoms with E-state index in [4.69, 9.17) is 16.3 Å². The molecule has 0 unspecified atom stereocenters. The number of methoxy groups -OCH3 is 1. The maximum atomic E-state index is 13.1. The van der Waals surface area contributed by atoms with Crippen LogP contribution in [0.25, 0.3) is 0 Å². The zero-order valence-electron chi connectivity index (χ0n) is 19.1. The van der Waals surface area contributed by atoms with Crippen molar-refractivity contribution in [3.05, 3.63) is 58.6 Å². The second-order valence-electron chi connectivity index (χ2n) is 8.90. The summed E-state index contributed by atoms with van der Waals surface area (Å²) in [5.41, 5.74) is 1.49. The molecule has 1 amide bonds. The van der Waals surface area contributed by atoms with E-state index in [1.807, 2.05) is 18.2 Å². The number of ether oxygens (including phenoxy) is 1. The molecule has 0 radical (unpaired) electrons. The number of hydrogen-bond donors (Lipinski definition) is 1. The van der Waals surface area contributed by atoms with Gasteiger partial charge in [-0.2, -0.15) is 0 Å². The molecule has 33 heavy (non-hydrogen) atoms. The highest BCUT2D eigenvalue weighted by Crippen LogP contribution is 2.37. The number of carbonyl (C=O) groups excluding carboxylic acids is 1. The van der Waals surface area contributed by atoms with Crippen LogP contribution < -0.4 is 10.1 Å². The van der Waals surface area contributed by atoms with Crippen LogP contribution in [0.3, 0.4) is 0 Å². The standard InChI is InChI=1S/C25H31ClN2O4S/c1-3-33(30,31)20-10-11-24(32-2)22(15-20)25(29)27-18-12-13-28-16-17(8-9-19(28)14-18)21-6-4-5-7-23(21)26/h4-7,10-11,15,17-19H,3,8-9,12-14,16H2,1-2H3,(H,27,29)/t17-,18+,19+/m1/s1. The summed E-state index contributed by atoms with van der Waals surface area (Å²) >= 11 is 6.43. The third-order valence-electron chi connectivity index (χ3n) is 6.98. The van der Waals surface area contributed by atoms with Gasteiger partial charge in [-0.05, 0) is 61.4 Å². The minimum absolute atomic E-state index is 0.0181. The van der Waals surface area contributed by atoms with E-state index in [2.05, 4.69) is 16.3 Å². The van der Waals surface area contributed by atoms with E-state index < -0.39 is 9.84 Å². The molecule has 2 aromatic carbocycles. The molecule has 1 N–H and O–H groups in total. The molecule has 0 aliphatic carbocycles. The fourth-order valence-electron chi connectivity index (χ4n) is 5.09. The average Bonchev–Trinajstić information content (AvgIpc) is 2.83. The van der Waals surface area contributed by atoms with Gasteiger partial charge in [0.05, 0.1) is 23.3 Å². The van der Waals surface area contributed by atoms with Crippen LogP contribution >= 0.6 is 11.6 Å². The van der Waals surface area contributed by atoms with Crippen LogP contribution in [-0.4, -0.2) is 57.3 Å². The maximum Gasteiger partial charge on any atom is 0.255 e. The van der Waals surface area contributed by atoms with Crippen molar-refractivity contribution < 1.29 is 17.9 Å². The van der Waals surface area contributed by atoms with E-state index in [0.717, 1.165) is 43.8 Å².